The van der Waals surface area contributed by atoms with Gasteiger partial charge in [0.05, 0.1) is 29.3 Å². The van der Waals surface area contributed by atoms with Crippen LogP contribution in [0, 0.1) is 19.3 Å². The zero-order valence-electron chi connectivity index (χ0n) is 24.6. The summed E-state index contributed by atoms with van der Waals surface area (Å²) in [5, 5.41) is 4.01. The van der Waals surface area contributed by atoms with E-state index in [4.69, 9.17) is 25.3 Å². The van der Waals surface area contributed by atoms with Crippen LogP contribution < -0.4 is 10.0 Å². The Morgan fingerprint density at radius 1 is 1.23 bits per heavy atom. The van der Waals surface area contributed by atoms with E-state index in [1.54, 1.807) is 0 Å². The Kier molecular flexibility index (Phi) is 9.86. The van der Waals surface area contributed by atoms with E-state index in [0.29, 0.717) is 40.7 Å². The Hall–Kier alpha value is -2.45. The van der Waals surface area contributed by atoms with Crippen LogP contribution in [0.1, 0.15) is 76.5 Å². The van der Waals surface area contributed by atoms with Crippen molar-refractivity contribution in [2.24, 2.45) is 5.92 Å². The van der Waals surface area contributed by atoms with Gasteiger partial charge in [0.25, 0.3) is 0 Å². The SMILES string of the molecule is Cc1sc(C(=O)c2cncnc2N[C@@H]2C[CH][C@@H](COS(=O)(=O)NCOC(C)(C)C)C2)cc1[C@@H]1OCCc2ccc(Cl)cc21. The van der Waals surface area contributed by atoms with Crippen LogP contribution in [0.5, 0.6) is 0 Å². The van der Waals surface area contributed by atoms with Crippen LogP contribution in [0.2, 0.25) is 5.02 Å². The highest BCUT2D eigenvalue weighted by molar-refractivity contribution is 7.84. The third kappa shape index (κ3) is 8.18. The van der Waals surface area contributed by atoms with Crippen molar-refractivity contribution in [1.29, 1.82) is 0 Å². The zero-order valence-corrected chi connectivity index (χ0v) is 26.9. The van der Waals surface area contributed by atoms with Crippen molar-refractivity contribution < 1.29 is 26.9 Å². The molecule has 3 heterocycles. The standard InChI is InChI=1S/C30H36ClN4O6S2/c1-18-23(28-24-12-21(31)7-6-20(24)9-10-39-28)13-26(42-18)27(36)25-14-32-16-33-29(25)35-22-8-5-19(11-22)15-41-43(37,38)34-17-40-30(2,3)4/h5-7,12-14,16,19,22,28,34H,8-11,15,17H2,1-4H3,(H,32,33,35)/t19-,22-,28+/m1/s1. The number of benzene rings is 1. The molecule has 231 valence electrons. The van der Waals surface area contributed by atoms with Crippen LogP contribution in [0.25, 0.3) is 0 Å². The molecule has 3 atom stereocenters. The van der Waals surface area contributed by atoms with Gasteiger partial charge < -0.3 is 14.8 Å². The van der Waals surface area contributed by atoms with Gasteiger partial charge in [0.2, 0.25) is 5.78 Å². The topological polar surface area (TPSA) is 129 Å². The summed E-state index contributed by atoms with van der Waals surface area (Å²) in [6.07, 6.45) is 6.75. The molecule has 0 bridgehead atoms. The molecule has 0 unspecified atom stereocenters. The Balaban J connectivity index is 1.22. The lowest BCUT2D eigenvalue weighted by Gasteiger charge is -2.26. The van der Waals surface area contributed by atoms with Crippen LogP contribution >= 0.6 is 22.9 Å². The number of thiophene rings is 1. The number of nitrogens with zero attached hydrogens (tertiary/aromatic N) is 2. The number of fused-ring (bicyclic) bond motifs is 1. The predicted molar refractivity (Wildman–Crippen MR) is 166 cm³/mol. The lowest BCUT2D eigenvalue weighted by molar-refractivity contribution is -0.00606. The van der Waals surface area contributed by atoms with Crippen molar-refractivity contribution in [2.75, 3.05) is 25.3 Å². The van der Waals surface area contributed by atoms with Gasteiger partial charge in [-0.15, -0.1) is 11.3 Å². The quantitative estimate of drug-likeness (QED) is 0.207. The minimum Gasteiger partial charge on any atom is -0.368 e. The lowest BCUT2D eigenvalue weighted by Crippen LogP contribution is -2.33. The van der Waals surface area contributed by atoms with Crippen molar-refractivity contribution in [2.45, 2.75) is 64.7 Å². The molecule has 1 saturated carbocycles. The predicted octanol–water partition coefficient (Wildman–Crippen LogP) is 5.41. The summed E-state index contributed by atoms with van der Waals surface area (Å²) in [5.41, 5.74) is 3.07. The highest BCUT2D eigenvalue weighted by Gasteiger charge is 2.30. The average molecular weight is 648 g/mol. The monoisotopic (exact) mass is 647 g/mol. The Morgan fingerprint density at radius 2 is 2.05 bits per heavy atom. The van der Waals surface area contributed by atoms with Crippen molar-refractivity contribution in [1.82, 2.24) is 14.7 Å². The van der Waals surface area contributed by atoms with Gasteiger partial charge in [0, 0.05) is 22.1 Å². The maximum atomic E-state index is 13.7. The van der Waals surface area contributed by atoms with Gasteiger partial charge >= 0.3 is 10.3 Å². The second-order valence-electron chi connectivity index (χ2n) is 11.7. The number of anilines is 1. The van der Waals surface area contributed by atoms with E-state index in [1.807, 2.05) is 58.4 Å². The molecule has 0 amide bonds. The zero-order chi connectivity index (χ0) is 30.8. The minimum atomic E-state index is -3.94. The molecule has 2 N–H and O–H groups in total. The maximum absolute atomic E-state index is 13.7. The van der Waals surface area contributed by atoms with Crippen molar-refractivity contribution >= 4 is 44.8 Å². The van der Waals surface area contributed by atoms with Crippen LogP contribution in [-0.2, 0) is 30.4 Å². The summed E-state index contributed by atoms with van der Waals surface area (Å²) < 4.78 is 43.4. The molecule has 0 saturated heterocycles. The molecule has 1 aliphatic heterocycles. The Labute approximate surface area is 261 Å². The molecule has 1 fully saturated rings. The number of rotatable bonds is 11. The lowest BCUT2D eigenvalue weighted by atomic mass is 9.93. The number of hydrogen-bond donors (Lipinski definition) is 2. The van der Waals surface area contributed by atoms with E-state index in [1.165, 1.54) is 29.4 Å². The second-order valence-corrected chi connectivity index (χ2v) is 14.8. The fourth-order valence-electron chi connectivity index (χ4n) is 5.18. The Morgan fingerprint density at radius 3 is 2.84 bits per heavy atom. The molecule has 13 heteroatoms. The number of ether oxygens (including phenoxy) is 2. The van der Waals surface area contributed by atoms with E-state index in [9.17, 15) is 13.2 Å². The fraction of sp³-hybridized carbons (Fsp3) is 0.467. The third-order valence-corrected chi connectivity index (χ3v) is 9.54. The first-order valence-electron chi connectivity index (χ1n) is 14.1. The summed E-state index contributed by atoms with van der Waals surface area (Å²) in [4.78, 5) is 23.8. The van der Waals surface area contributed by atoms with Crippen LogP contribution in [0.4, 0.5) is 5.82 Å². The number of carbonyl (C=O) groups is 1. The summed E-state index contributed by atoms with van der Waals surface area (Å²) in [7, 11) is -3.94. The highest BCUT2D eigenvalue weighted by atomic mass is 35.5. The van der Waals surface area contributed by atoms with E-state index < -0.39 is 15.9 Å². The maximum Gasteiger partial charge on any atom is 0.337 e. The van der Waals surface area contributed by atoms with Gasteiger partial charge in [-0.1, -0.05) is 17.7 Å². The minimum absolute atomic E-state index is 0.00736. The number of ketones is 1. The number of aryl methyl sites for hydroxylation is 1. The van der Waals surface area contributed by atoms with Crippen LogP contribution in [0.3, 0.4) is 0 Å². The number of carbonyl (C=O) groups excluding carboxylic acids is 1. The largest absolute Gasteiger partial charge is 0.368 e. The van der Waals surface area contributed by atoms with Gasteiger partial charge in [-0.2, -0.15) is 13.1 Å². The Bertz CT molecular complexity index is 1570. The van der Waals surface area contributed by atoms with Gasteiger partial charge in [0.15, 0.2) is 0 Å². The second kappa shape index (κ2) is 13.3. The highest BCUT2D eigenvalue weighted by Crippen LogP contribution is 2.39. The van der Waals surface area contributed by atoms with E-state index in [2.05, 4.69) is 20.0 Å². The van der Waals surface area contributed by atoms with E-state index in [0.717, 1.165) is 22.4 Å². The molecule has 3 aromatic rings. The number of nitrogens with one attached hydrogen (secondary N) is 2. The third-order valence-electron chi connectivity index (χ3n) is 7.33. The number of hydrogen-bond acceptors (Lipinski definition) is 10. The van der Waals surface area contributed by atoms with Crippen LogP contribution in [0.15, 0.2) is 36.8 Å². The number of halogens is 1. The summed E-state index contributed by atoms with van der Waals surface area (Å²) in [5.74, 6) is 0.168. The molecular weight excluding hydrogens is 612 g/mol. The van der Waals surface area contributed by atoms with E-state index in [-0.39, 0.29) is 37.2 Å². The normalized spacial score (nSPS) is 20.6. The van der Waals surface area contributed by atoms with Crippen LogP contribution in [-0.4, -0.2) is 55.8 Å². The average Bonchev–Trinajstić information content (AvgIpc) is 3.57. The number of aromatic nitrogens is 2. The van der Waals surface area contributed by atoms with E-state index >= 15 is 0 Å². The molecule has 10 nitrogen and oxygen atoms in total. The molecule has 1 radical (unpaired) electrons. The smallest absolute Gasteiger partial charge is 0.337 e. The molecule has 43 heavy (non-hydrogen) atoms. The summed E-state index contributed by atoms with van der Waals surface area (Å²) >= 11 is 7.72. The molecule has 2 aromatic heterocycles. The van der Waals surface area contributed by atoms with Crippen molar-refractivity contribution in [3.05, 3.63) is 80.2 Å². The van der Waals surface area contributed by atoms with Crippen molar-refractivity contribution in [3.8, 4) is 0 Å². The first-order valence-corrected chi connectivity index (χ1v) is 16.7. The molecule has 1 aromatic carbocycles. The fourth-order valence-corrected chi connectivity index (χ4v) is 7.01. The van der Waals surface area contributed by atoms with Gasteiger partial charge in [-0.25, -0.2) is 9.97 Å². The summed E-state index contributed by atoms with van der Waals surface area (Å²) in [6.45, 7) is 7.92. The molecular formula is C30H36ClN4O6S2. The first kappa shape index (κ1) is 32.0. The molecule has 0 spiro atoms. The first-order chi connectivity index (χ1) is 20.4. The van der Waals surface area contributed by atoms with Gasteiger partial charge in [-0.3, -0.25) is 8.98 Å². The molecule has 5 rings (SSSR count). The van der Waals surface area contributed by atoms with Gasteiger partial charge in [-0.05, 0) is 94.2 Å². The summed E-state index contributed by atoms with van der Waals surface area (Å²) in [6, 6.07) is 7.72. The molecule has 2 aliphatic rings. The molecule has 1 aliphatic carbocycles. The van der Waals surface area contributed by atoms with Gasteiger partial charge in [0.1, 0.15) is 25.0 Å². The van der Waals surface area contributed by atoms with Crippen molar-refractivity contribution in [3.63, 3.8) is 0 Å².